The number of benzene rings is 1. The number of halogens is 1. The summed E-state index contributed by atoms with van der Waals surface area (Å²) in [5.41, 5.74) is 2.89. The Balaban J connectivity index is 2.45. The van der Waals surface area contributed by atoms with Gasteiger partial charge in [-0.15, -0.1) is 0 Å². The first-order valence-corrected chi connectivity index (χ1v) is 7.58. The minimum absolute atomic E-state index is 0.0218. The van der Waals surface area contributed by atoms with E-state index in [0.29, 0.717) is 16.9 Å². The molecule has 5 nitrogen and oxygen atoms in total. The van der Waals surface area contributed by atoms with E-state index in [2.05, 4.69) is 10.4 Å². The number of nitriles is 1. The van der Waals surface area contributed by atoms with Gasteiger partial charge < -0.3 is 5.32 Å². The highest BCUT2D eigenvalue weighted by Gasteiger charge is 2.15. The van der Waals surface area contributed by atoms with Crippen molar-refractivity contribution in [1.82, 2.24) is 15.1 Å². The third kappa shape index (κ3) is 3.69. The van der Waals surface area contributed by atoms with Crippen LogP contribution in [0.4, 0.5) is 4.39 Å². The van der Waals surface area contributed by atoms with E-state index in [0.717, 1.165) is 5.69 Å². The van der Waals surface area contributed by atoms with Gasteiger partial charge in [-0.1, -0.05) is 0 Å². The van der Waals surface area contributed by atoms with Gasteiger partial charge in [-0.25, -0.2) is 9.07 Å². The Morgan fingerprint density at radius 1 is 1.33 bits per heavy atom. The highest BCUT2D eigenvalue weighted by Crippen LogP contribution is 2.21. The molecule has 0 aliphatic carbocycles. The fraction of sp³-hybridized carbons (Fsp3) is 0.278. The molecule has 0 fully saturated rings. The van der Waals surface area contributed by atoms with Crippen molar-refractivity contribution in [1.29, 1.82) is 5.26 Å². The monoisotopic (exact) mass is 326 g/mol. The molecule has 1 N–H and O–H groups in total. The lowest BCUT2D eigenvalue weighted by atomic mass is 10.1. The van der Waals surface area contributed by atoms with Crippen molar-refractivity contribution in [3.8, 4) is 11.8 Å². The molecule has 0 aliphatic heterocycles. The molecule has 2 rings (SSSR count). The summed E-state index contributed by atoms with van der Waals surface area (Å²) in [6, 6.07) is 7.84. The lowest BCUT2D eigenvalue weighted by Crippen LogP contribution is -2.30. The zero-order valence-corrected chi connectivity index (χ0v) is 14.1. The van der Waals surface area contributed by atoms with Crippen molar-refractivity contribution in [2.45, 2.75) is 33.7 Å². The molecule has 0 atom stereocenters. The molecule has 0 bridgehead atoms. The lowest BCUT2D eigenvalue weighted by molar-refractivity contribution is -0.117. The first kappa shape index (κ1) is 17.4. The number of rotatable bonds is 4. The molecule has 0 saturated carbocycles. The first-order valence-electron chi connectivity index (χ1n) is 7.58. The Hall–Kier alpha value is -2.94. The smallest absolute Gasteiger partial charge is 0.262 e. The number of aryl methyl sites for hydroxylation is 1. The van der Waals surface area contributed by atoms with E-state index in [1.165, 1.54) is 18.2 Å². The molecule has 1 amide bonds. The third-order valence-electron chi connectivity index (χ3n) is 3.49. The fourth-order valence-corrected chi connectivity index (χ4v) is 2.33. The van der Waals surface area contributed by atoms with Gasteiger partial charge in [-0.05, 0) is 58.0 Å². The Kier molecular flexibility index (Phi) is 5.14. The zero-order valence-electron chi connectivity index (χ0n) is 14.1. The topological polar surface area (TPSA) is 70.7 Å². The quantitative estimate of drug-likeness (QED) is 0.693. The summed E-state index contributed by atoms with van der Waals surface area (Å²) in [5, 5.41) is 16.4. The van der Waals surface area contributed by atoms with Crippen LogP contribution in [0.3, 0.4) is 0 Å². The molecule has 0 aliphatic rings. The largest absolute Gasteiger partial charge is 0.349 e. The average molecular weight is 326 g/mol. The van der Waals surface area contributed by atoms with Gasteiger partial charge in [0.1, 0.15) is 17.5 Å². The summed E-state index contributed by atoms with van der Waals surface area (Å²) in [4.78, 5) is 12.1. The predicted molar refractivity (Wildman–Crippen MR) is 89.9 cm³/mol. The van der Waals surface area contributed by atoms with Crippen molar-refractivity contribution >= 4 is 12.0 Å². The van der Waals surface area contributed by atoms with Crippen molar-refractivity contribution in [2.24, 2.45) is 0 Å². The standard InChI is InChI=1S/C18H19FN4O/c1-11(2)21-18(24)14(10-20)9-17-12(3)22-23(13(17)4)16-7-5-15(19)6-8-16/h5-9,11H,1-4H3,(H,21,24)/b14-9-. The van der Waals surface area contributed by atoms with Crippen LogP contribution in [-0.2, 0) is 4.79 Å². The van der Waals surface area contributed by atoms with Gasteiger partial charge in [0.15, 0.2) is 0 Å². The number of amides is 1. The number of nitrogens with one attached hydrogen (secondary N) is 1. The van der Waals surface area contributed by atoms with Crippen LogP contribution in [0.1, 0.15) is 30.8 Å². The van der Waals surface area contributed by atoms with Gasteiger partial charge in [0.2, 0.25) is 0 Å². The van der Waals surface area contributed by atoms with Crippen LogP contribution in [0.5, 0.6) is 0 Å². The second-order valence-electron chi connectivity index (χ2n) is 5.77. The molecule has 124 valence electrons. The van der Waals surface area contributed by atoms with Crippen molar-refractivity contribution < 1.29 is 9.18 Å². The second-order valence-corrected chi connectivity index (χ2v) is 5.77. The molecular formula is C18H19FN4O. The van der Waals surface area contributed by atoms with Gasteiger partial charge in [-0.2, -0.15) is 10.4 Å². The van der Waals surface area contributed by atoms with Crippen molar-refractivity contribution in [3.63, 3.8) is 0 Å². The number of aromatic nitrogens is 2. The van der Waals surface area contributed by atoms with E-state index in [1.807, 2.05) is 26.8 Å². The summed E-state index contributed by atoms with van der Waals surface area (Å²) in [5.74, 6) is -0.738. The SMILES string of the molecule is Cc1nn(-c2ccc(F)cc2)c(C)c1/C=C(/C#N)C(=O)NC(C)C. The van der Waals surface area contributed by atoms with E-state index in [9.17, 15) is 14.4 Å². The zero-order chi connectivity index (χ0) is 17.9. The lowest BCUT2D eigenvalue weighted by Gasteiger charge is -2.07. The van der Waals surface area contributed by atoms with Gasteiger partial charge in [0.25, 0.3) is 5.91 Å². The number of carbonyl (C=O) groups excluding carboxylic acids is 1. The number of hydrogen-bond donors (Lipinski definition) is 1. The molecule has 1 aromatic heterocycles. The molecule has 0 radical (unpaired) electrons. The summed E-state index contributed by atoms with van der Waals surface area (Å²) < 4.78 is 14.7. The minimum Gasteiger partial charge on any atom is -0.349 e. The van der Waals surface area contributed by atoms with Crippen LogP contribution in [0, 0.1) is 31.0 Å². The normalized spacial score (nSPS) is 11.5. The van der Waals surface area contributed by atoms with Gasteiger partial charge in [0, 0.05) is 17.3 Å². The fourth-order valence-electron chi connectivity index (χ4n) is 2.33. The third-order valence-corrected chi connectivity index (χ3v) is 3.49. The summed E-state index contributed by atoms with van der Waals surface area (Å²) in [6.07, 6.45) is 1.54. The van der Waals surface area contributed by atoms with E-state index in [1.54, 1.807) is 23.7 Å². The maximum atomic E-state index is 13.1. The maximum absolute atomic E-state index is 13.1. The van der Waals surface area contributed by atoms with Crippen LogP contribution in [-0.4, -0.2) is 21.7 Å². The molecule has 0 unspecified atom stereocenters. The molecule has 1 aromatic carbocycles. The number of hydrogen-bond acceptors (Lipinski definition) is 3. The first-order chi connectivity index (χ1) is 11.3. The van der Waals surface area contributed by atoms with Crippen LogP contribution < -0.4 is 5.32 Å². The van der Waals surface area contributed by atoms with Crippen molar-refractivity contribution in [3.05, 3.63) is 52.6 Å². The van der Waals surface area contributed by atoms with Crippen LogP contribution >= 0.6 is 0 Å². The Morgan fingerprint density at radius 3 is 2.50 bits per heavy atom. The molecule has 0 saturated heterocycles. The number of nitrogens with zero attached hydrogens (tertiary/aromatic N) is 3. The molecule has 1 heterocycles. The van der Waals surface area contributed by atoms with Crippen molar-refractivity contribution in [2.75, 3.05) is 0 Å². The Morgan fingerprint density at radius 2 is 1.96 bits per heavy atom. The minimum atomic E-state index is -0.416. The molecule has 2 aromatic rings. The van der Waals surface area contributed by atoms with Gasteiger partial charge in [0.05, 0.1) is 11.4 Å². The summed E-state index contributed by atoms with van der Waals surface area (Å²) >= 11 is 0. The number of carbonyl (C=O) groups is 1. The van der Waals surface area contributed by atoms with Gasteiger partial charge >= 0.3 is 0 Å². The van der Waals surface area contributed by atoms with E-state index >= 15 is 0 Å². The van der Waals surface area contributed by atoms with Crippen LogP contribution in [0.15, 0.2) is 29.8 Å². The van der Waals surface area contributed by atoms with E-state index in [4.69, 9.17) is 0 Å². The molecule has 24 heavy (non-hydrogen) atoms. The van der Waals surface area contributed by atoms with E-state index < -0.39 is 5.91 Å². The van der Waals surface area contributed by atoms with Crippen LogP contribution in [0.2, 0.25) is 0 Å². The van der Waals surface area contributed by atoms with Gasteiger partial charge in [-0.3, -0.25) is 4.79 Å². The predicted octanol–water partition coefficient (Wildman–Crippen LogP) is 3.06. The maximum Gasteiger partial charge on any atom is 0.262 e. The summed E-state index contributed by atoms with van der Waals surface area (Å²) in [7, 11) is 0. The average Bonchev–Trinajstić information content (AvgIpc) is 2.80. The highest BCUT2D eigenvalue weighted by atomic mass is 19.1. The molecule has 6 heteroatoms. The molecule has 0 spiro atoms. The van der Waals surface area contributed by atoms with E-state index in [-0.39, 0.29) is 17.4 Å². The second kappa shape index (κ2) is 7.09. The summed E-state index contributed by atoms with van der Waals surface area (Å²) in [6.45, 7) is 7.30. The highest BCUT2D eigenvalue weighted by molar-refractivity contribution is 6.02. The Labute approximate surface area is 140 Å². The Bertz CT molecular complexity index is 826. The van der Waals surface area contributed by atoms with Crippen LogP contribution in [0.25, 0.3) is 11.8 Å². The molecular weight excluding hydrogens is 307 g/mol.